The zero-order valence-electron chi connectivity index (χ0n) is 9.43. The van der Waals surface area contributed by atoms with Crippen molar-refractivity contribution in [3.05, 3.63) is 22.4 Å². The molecular weight excluding hydrogens is 274 g/mol. The average molecular weight is 290 g/mol. The van der Waals surface area contributed by atoms with Gasteiger partial charge in [-0.3, -0.25) is 4.79 Å². The lowest BCUT2D eigenvalue weighted by Crippen LogP contribution is -2.47. The summed E-state index contributed by atoms with van der Waals surface area (Å²) in [5.41, 5.74) is -0.309. The van der Waals surface area contributed by atoms with Crippen molar-refractivity contribution in [2.24, 2.45) is 0 Å². The molecule has 0 saturated carbocycles. The molecule has 0 fully saturated rings. The van der Waals surface area contributed by atoms with Crippen LogP contribution in [0.3, 0.4) is 0 Å². The minimum absolute atomic E-state index is 0.000833. The summed E-state index contributed by atoms with van der Waals surface area (Å²) in [6, 6.07) is 4.03. The molecule has 84 valence electrons. The number of alkyl halides is 1. The Bertz CT molecular complexity index is 338. The minimum Gasteiger partial charge on any atom is -0.345 e. The van der Waals surface area contributed by atoms with Gasteiger partial charge in [0.1, 0.15) is 0 Å². The number of halogens is 1. The molecule has 0 aliphatic heterocycles. The van der Waals surface area contributed by atoms with E-state index in [0.717, 1.165) is 4.88 Å². The summed E-state index contributed by atoms with van der Waals surface area (Å²) in [6.07, 6.45) is 0. The molecule has 4 heteroatoms. The third kappa shape index (κ3) is 3.31. The van der Waals surface area contributed by atoms with Gasteiger partial charge in [0.15, 0.2) is 0 Å². The first-order valence-electron chi connectivity index (χ1n) is 4.79. The van der Waals surface area contributed by atoms with Crippen LogP contribution in [0.1, 0.15) is 32.6 Å². The van der Waals surface area contributed by atoms with Crippen molar-refractivity contribution in [1.82, 2.24) is 5.32 Å². The molecule has 15 heavy (non-hydrogen) atoms. The molecule has 1 aromatic rings. The Morgan fingerprint density at radius 2 is 2.00 bits per heavy atom. The number of hydrogen-bond donors (Lipinski definition) is 1. The largest absolute Gasteiger partial charge is 0.345 e. The quantitative estimate of drug-likeness (QED) is 0.850. The second kappa shape index (κ2) is 4.26. The molecule has 1 heterocycles. The number of carbonyl (C=O) groups is 1. The van der Waals surface area contributed by atoms with Crippen molar-refractivity contribution in [2.45, 2.75) is 37.6 Å². The Balaban J connectivity index is 2.78. The SMILES string of the molecule is CC(C)(Br)C(=O)NC(C)(C)c1cccs1. The maximum Gasteiger partial charge on any atom is 0.237 e. The molecule has 0 unspecified atom stereocenters. The molecule has 1 N–H and O–H groups in total. The van der Waals surface area contributed by atoms with Crippen LogP contribution in [0.4, 0.5) is 0 Å². The van der Waals surface area contributed by atoms with Gasteiger partial charge in [0.2, 0.25) is 5.91 Å². The maximum atomic E-state index is 11.8. The summed E-state index contributed by atoms with van der Waals surface area (Å²) in [5.74, 6) is 0.000833. The van der Waals surface area contributed by atoms with Gasteiger partial charge in [-0.25, -0.2) is 0 Å². The minimum atomic E-state index is -0.526. The van der Waals surface area contributed by atoms with Crippen LogP contribution in [0, 0.1) is 0 Å². The fourth-order valence-corrected chi connectivity index (χ4v) is 2.03. The molecule has 0 aliphatic rings. The first-order valence-corrected chi connectivity index (χ1v) is 6.46. The van der Waals surface area contributed by atoms with Gasteiger partial charge in [-0.1, -0.05) is 22.0 Å². The Morgan fingerprint density at radius 3 is 2.40 bits per heavy atom. The number of thiophene rings is 1. The number of amides is 1. The van der Waals surface area contributed by atoms with Crippen molar-refractivity contribution < 1.29 is 4.79 Å². The molecule has 0 aromatic carbocycles. The highest BCUT2D eigenvalue weighted by atomic mass is 79.9. The van der Waals surface area contributed by atoms with E-state index in [9.17, 15) is 4.79 Å². The van der Waals surface area contributed by atoms with E-state index in [-0.39, 0.29) is 11.4 Å². The zero-order chi connectivity index (χ0) is 11.7. The van der Waals surface area contributed by atoms with Crippen molar-refractivity contribution in [3.63, 3.8) is 0 Å². The molecule has 2 nitrogen and oxygen atoms in total. The molecule has 0 bridgehead atoms. The van der Waals surface area contributed by atoms with Crippen LogP contribution < -0.4 is 5.32 Å². The molecule has 0 aliphatic carbocycles. The lowest BCUT2D eigenvalue weighted by Gasteiger charge is -2.28. The highest BCUT2D eigenvalue weighted by molar-refractivity contribution is 9.10. The van der Waals surface area contributed by atoms with E-state index in [2.05, 4.69) is 21.2 Å². The van der Waals surface area contributed by atoms with E-state index in [1.807, 2.05) is 45.2 Å². The summed E-state index contributed by atoms with van der Waals surface area (Å²) in [6.45, 7) is 7.70. The number of carbonyl (C=O) groups excluding carboxylic acids is 1. The lowest BCUT2D eigenvalue weighted by molar-refractivity contribution is -0.124. The van der Waals surface area contributed by atoms with Crippen molar-refractivity contribution in [1.29, 1.82) is 0 Å². The first-order chi connectivity index (χ1) is 6.73. The van der Waals surface area contributed by atoms with Gasteiger partial charge >= 0.3 is 0 Å². The summed E-state index contributed by atoms with van der Waals surface area (Å²) >= 11 is 5.00. The van der Waals surface area contributed by atoms with Crippen LogP contribution in [-0.2, 0) is 10.3 Å². The lowest BCUT2D eigenvalue weighted by atomic mass is 10.0. The second-order valence-electron chi connectivity index (χ2n) is 4.53. The highest BCUT2D eigenvalue weighted by Gasteiger charge is 2.30. The molecule has 1 amide bonds. The van der Waals surface area contributed by atoms with Gasteiger partial charge < -0.3 is 5.32 Å². The zero-order valence-corrected chi connectivity index (χ0v) is 11.8. The normalized spacial score (nSPS) is 12.6. The van der Waals surface area contributed by atoms with Crippen LogP contribution in [0.15, 0.2) is 17.5 Å². The van der Waals surface area contributed by atoms with Crippen LogP contribution in [-0.4, -0.2) is 10.2 Å². The molecule has 0 atom stereocenters. The van der Waals surface area contributed by atoms with E-state index in [1.165, 1.54) is 0 Å². The standard InChI is InChI=1S/C11H16BrNOS/c1-10(2,12)9(14)13-11(3,4)8-6-5-7-15-8/h5-7H,1-4H3,(H,13,14). The average Bonchev–Trinajstić information content (AvgIpc) is 2.52. The summed E-state index contributed by atoms with van der Waals surface area (Å²) < 4.78 is -0.526. The van der Waals surface area contributed by atoms with Crippen LogP contribution in [0.5, 0.6) is 0 Å². The van der Waals surface area contributed by atoms with Crippen molar-refractivity contribution >= 4 is 33.2 Å². The summed E-state index contributed by atoms with van der Waals surface area (Å²) in [5, 5.41) is 5.04. The fourth-order valence-electron chi connectivity index (χ4n) is 1.13. The first kappa shape index (κ1) is 12.7. The van der Waals surface area contributed by atoms with Crippen LogP contribution in [0.25, 0.3) is 0 Å². The smallest absolute Gasteiger partial charge is 0.237 e. The Kier molecular flexibility index (Phi) is 3.61. The Labute approximate surface area is 103 Å². The molecular formula is C11H16BrNOS. The summed E-state index contributed by atoms with van der Waals surface area (Å²) in [4.78, 5) is 13.0. The topological polar surface area (TPSA) is 29.1 Å². The molecule has 1 rings (SSSR count). The Hall–Kier alpha value is -0.350. The van der Waals surface area contributed by atoms with Gasteiger partial charge in [-0.2, -0.15) is 0 Å². The van der Waals surface area contributed by atoms with Gasteiger partial charge in [0.05, 0.1) is 9.86 Å². The van der Waals surface area contributed by atoms with E-state index in [4.69, 9.17) is 0 Å². The molecule has 1 aromatic heterocycles. The molecule has 0 saturated heterocycles. The predicted molar refractivity (Wildman–Crippen MR) is 68.5 cm³/mol. The van der Waals surface area contributed by atoms with Crippen molar-refractivity contribution in [2.75, 3.05) is 0 Å². The van der Waals surface area contributed by atoms with E-state index >= 15 is 0 Å². The van der Waals surface area contributed by atoms with Crippen LogP contribution in [0.2, 0.25) is 0 Å². The number of rotatable bonds is 3. The van der Waals surface area contributed by atoms with Gasteiger partial charge in [0.25, 0.3) is 0 Å². The second-order valence-corrected chi connectivity index (χ2v) is 7.46. The third-order valence-corrected chi connectivity index (χ3v) is 3.66. The van der Waals surface area contributed by atoms with Gasteiger partial charge in [0, 0.05) is 4.88 Å². The predicted octanol–water partition coefficient (Wildman–Crippen LogP) is 3.27. The molecule has 0 spiro atoms. The molecule has 0 radical (unpaired) electrons. The number of nitrogens with one attached hydrogen (secondary N) is 1. The number of hydrogen-bond acceptors (Lipinski definition) is 2. The summed E-state index contributed by atoms with van der Waals surface area (Å²) in [7, 11) is 0. The maximum absolute atomic E-state index is 11.8. The van der Waals surface area contributed by atoms with E-state index < -0.39 is 4.32 Å². The Morgan fingerprint density at radius 1 is 1.40 bits per heavy atom. The monoisotopic (exact) mass is 289 g/mol. The van der Waals surface area contributed by atoms with E-state index in [1.54, 1.807) is 11.3 Å². The van der Waals surface area contributed by atoms with Gasteiger partial charge in [-0.05, 0) is 39.1 Å². The highest BCUT2D eigenvalue weighted by Crippen LogP contribution is 2.26. The van der Waals surface area contributed by atoms with Crippen LogP contribution >= 0.6 is 27.3 Å². The van der Waals surface area contributed by atoms with E-state index in [0.29, 0.717) is 0 Å². The third-order valence-electron chi connectivity index (χ3n) is 2.10. The van der Waals surface area contributed by atoms with Crippen molar-refractivity contribution in [3.8, 4) is 0 Å². The fraction of sp³-hybridized carbons (Fsp3) is 0.545. The van der Waals surface area contributed by atoms with Gasteiger partial charge in [-0.15, -0.1) is 11.3 Å².